The van der Waals surface area contributed by atoms with Crippen LogP contribution in [-0.2, 0) is 0 Å². The summed E-state index contributed by atoms with van der Waals surface area (Å²) in [6.45, 7) is 2.16. The van der Waals surface area contributed by atoms with Gasteiger partial charge in [-0.25, -0.2) is 13.8 Å². The highest BCUT2D eigenvalue weighted by Gasteiger charge is 2.13. The Bertz CT molecular complexity index is 618. The fraction of sp³-hybridized carbons (Fsp3) is 0.154. The summed E-state index contributed by atoms with van der Waals surface area (Å²) in [4.78, 5) is 18.4. The minimum atomic E-state index is -0.810. The van der Waals surface area contributed by atoms with Gasteiger partial charge < -0.3 is 4.74 Å². The molecule has 0 aliphatic rings. The van der Waals surface area contributed by atoms with Crippen molar-refractivity contribution < 1.29 is 18.3 Å². The molecule has 0 amide bonds. The summed E-state index contributed by atoms with van der Waals surface area (Å²) in [5.41, 5.74) is -0.271. The van der Waals surface area contributed by atoms with E-state index in [4.69, 9.17) is 4.74 Å². The molecule has 0 aliphatic carbocycles. The molecule has 98 valence electrons. The first-order chi connectivity index (χ1) is 9.15. The normalized spacial score (nSPS) is 10.3. The topological polar surface area (TPSA) is 52.1 Å². The van der Waals surface area contributed by atoms with Crippen LogP contribution < -0.4 is 4.74 Å². The quantitative estimate of drug-likeness (QED) is 0.796. The first-order valence-corrected chi connectivity index (χ1v) is 5.55. The number of carbonyl (C=O) groups excluding carboxylic acids is 1. The van der Waals surface area contributed by atoms with Crippen LogP contribution in [0.5, 0.6) is 5.88 Å². The first kappa shape index (κ1) is 13.1. The van der Waals surface area contributed by atoms with E-state index in [2.05, 4.69) is 9.97 Å². The second-order valence-electron chi connectivity index (χ2n) is 3.65. The summed E-state index contributed by atoms with van der Waals surface area (Å²) in [6, 6.07) is 1.74. The third-order valence-electron chi connectivity index (χ3n) is 2.39. The Labute approximate surface area is 108 Å². The molecular formula is C13H10F2N2O2. The molecule has 1 heterocycles. The molecule has 0 saturated heterocycles. The maximum Gasteiger partial charge on any atom is 0.232 e. The molecule has 1 aromatic carbocycles. The maximum absolute atomic E-state index is 13.8. The molecule has 19 heavy (non-hydrogen) atoms. The van der Waals surface area contributed by atoms with Crippen molar-refractivity contribution in [2.45, 2.75) is 6.92 Å². The van der Waals surface area contributed by atoms with Gasteiger partial charge in [0.05, 0.1) is 30.3 Å². The van der Waals surface area contributed by atoms with Crippen molar-refractivity contribution in [3.63, 3.8) is 0 Å². The van der Waals surface area contributed by atoms with Gasteiger partial charge in [0.15, 0.2) is 6.29 Å². The van der Waals surface area contributed by atoms with E-state index in [1.807, 2.05) is 0 Å². The Morgan fingerprint density at radius 2 is 2.05 bits per heavy atom. The lowest BCUT2D eigenvalue weighted by Gasteiger charge is -2.06. The average molecular weight is 264 g/mol. The van der Waals surface area contributed by atoms with Gasteiger partial charge in [-0.3, -0.25) is 9.78 Å². The molecule has 0 saturated carbocycles. The van der Waals surface area contributed by atoms with E-state index in [0.717, 1.165) is 12.1 Å². The largest absolute Gasteiger partial charge is 0.477 e. The molecule has 0 N–H and O–H groups in total. The summed E-state index contributed by atoms with van der Waals surface area (Å²) in [5, 5.41) is 0. The third kappa shape index (κ3) is 2.73. The number of aldehydes is 1. The molecule has 1 aromatic heterocycles. The monoisotopic (exact) mass is 264 g/mol. The maximum atomic E-state index is 13.8. The zero-order chi connectivity index (χ0) is 13.8. The van der Waals surface area contributed by atoms with Crippen LogP contribution in [0.1, 0.15) is 17.3 Å². The smallest absolute Gasteiger partial charge is 0.232 e. The van der Waals surface area contributed by atoms with Gasteiger partial charge >= 0.3 is 0 Å². The number of hydrogen-bond acceptors (Lipinski definition) is 4. The number of nitrogens with zero attached hydrogens (tertiary/aromatic N) is 2. The molecule has 2 aromatic rings. The lowest BCUT2D eigenvalue weighted by atomic mass is 10.1. The van der Waals surface area contributed by atoms with Crippen LogP contribution in [0, 0.1) is 11.6 Å². The molecule has 0 fully saturated rings. The Hall–Kier alpha value is -2.37. The van der Waals surface area contributed by atoms with Gasteiger partial charge in [0.1, 0.15) is 11.6 Å². The average Bonchev–Trinajstić information content (AvgIpc) is 2.41. The summed E-state index contributed by atoms with van der Waals surface area (Å²) >= 11 is 0. The summed E-state index contributed by atoms with van der Waals surface area (Å²) in [6.07, 6.45) is 2.92. The van der Waals surface area contributed by atoms with Crippen molar-refractivity contribution in [1.82, 2.24) is 9.97 Å². The number of carbonyl (C=O) groups is 1. The minimum absolute atomic E-state index is 0.0721. The molecule has 0 atom stereocenters. The van der Waals surface area contributed by atoms with Gasteiger partial charge in [0, 0.05) is 5.56 Å². The lowest BCUT2D eigenvalue weighted by Crippen LogP contribution is -1.99. The van der Waals surface area contributed by atoms with E-state index in [9.17, 15) is 13.6 Å². The highest BCUT2D eigenvalue weighted by Crippen LogP contribution is 2.24. The molecule has 6 heteroatoms. The van der Waals surface area contributed by atoms with Crippen molar-refractivity contribution in [2.75, 3.05) is 6.61 Å². The fourth-order valence-electron chi connectivity index (χ4n) is 1.54. The van der Waals surface area contributed by atoms with Crippen LogP contribution in [0.15, 0.2) is 24.5 Å². The van der Waals surface area contributed by atoms with E-state index in [-0.39, 0.29) is 29.0 Å². The van der Waals surface area contributed by atoms with Crippen molar-refractivity contribution >= 4 is 6.29 Å². The molecular weight excluding hydrogens is 254 g/mol. The van der Waals surface area contributed by atoms with Gasteiger partial charge in [-0.05, 0) is 19.1 Å². The number of hydrogen-bond donors (Lipinski definition) is 0. The predicted molar refractivity (Wildman–Crippen MR) is 63.9 cm³/mol. The SMILES string of the molecule is CCOc1cncc(-c2cc(F)c(C=O)cc2F)n1. The van der Waals surface area contributed by atoms with Gasteiger partial charge in [-0.15, -0.1) is 0 Å². The Balaban J connectivity index is 2.49. The molecule has 2 rings (SSSR count). The highest BCUT2D eigenvalue weighted by molar-refractivity contribution is 5.77. The van der Waals surface area contributed by atoms with Crippen LogP contribution in [0.4, 0.5) is 8.78 Å². The first-order valence-electron chi connectivity index (χ1n) is 5.55. The van der Waals surface area contributed by atoms with Gasteiger partial charge in [0.25, 0.3) is 0 Å². The van der Waals surface area contributed by atoms with Crippen molar-refractivity contribution in [3.05, 3.63) is 41.7 Å². The van der Waals surface area contributed by atoms with E-state index in [1.54, 1.807) is 6.92 Å². The molecule has 0 radical (unpaired) electrons. The molecule has 0 aliphatic heterocycles. The summed E-state index contributed by atoms with van der Waals surface area (Å²) in [5.74, 6) is -1.33. The Kier molecular flexibility index (Phi) is 3.79. The fourth-order valence-corrected chi connectivity index (χ4v) is 1.54. The van der Waals surface area contributed by atoms with Crippen molar-refractivity contribution in [1.29, 1.82) is 0 Å². The van der Waals surface area contributed by atoms with E-state index in [0.29, 0.717) is 6.61 Å². The van der Waals surface area contributed by atoms with Crippen LogP contribution in [0.2, 0.25) is 0 Å². The summed E-state index contributed by atoms with van der Waals surface area (Å²) in [7, 11) is 0. The number of benzene rings is 1. The second kappa shape index (κ2) is 5.51. The number of rotatable bonds is 4. The van der Waals surface area contributed by atoms with Crippen molar-refractivity contribution in [2.24, 2.45) is 0 Å². The predicted octanol–water partition coefficient (Wildman–Crippen LogP) is 2.63. The van der Waals surface area contributed by atoms with Gasteiger partial charge in [-0.1, -0.05) is 0 Å². The minimum Gasteiger partial charge on any atom is -0.477 e. The van der Waals surface area contributed by atoms with E-state index in [1.165, 1.54) is 12.4 Å². The zero-order valence-electron chi connectivity index (χ0n) is 10.1. The Morgan fingerprint density at radius 1 is 1.26 bits per heavy atom. The molecule has 4 nitrogen and oxygen atoms in total. The van der Waals surface area contributed by atoms with Crippen LogP contribution in [-0.4, -0.2) is 22.9 Å². The van der Waals surface area contributed by atoms with Gasteiger partial charge in [0.2, 0.25) is 5.88 Å². The molecule has 0 spiro atoms. The molecule has 0 unspecified atom stereocenters. The third-order valence-corrected chi connectivity index (χ3v) is 2.39. The lowest BCUT2D eigenvalue weighted by molar-refractivity contribution is 0.111. The van der Waals surface area contributed by atoms with E-state index < -0.39 is 11.6 Å². The van der Waals surface area contributed by atoms with Crippen LogP contribution >= 0.6 is 0 Å². The number of aromatic nitrogens is 2. The van der Waals surface area contributed by atoms with Crippen LogP contribution in [0.3, 0.4) is 0 Å². The van der Waals surface area contributed by atoms with E-state index >= 15 is 0 Å². The standard InChI is InChI=1S/C13H10F2N2O2/c1-2-19-13-6-16-5-12(17-13)9-4-10(14)8(7-18)3-11(9)15/h3-7H,2H2,1H3. The van der Waals surface area contributed by atoms with Crippen LogP contribution in [0.25, 0.3) is 11.3 Å². The van der Waals surface area contributed by atoms with Gasteiger partial charge in [-0.2, -0.15) is 0 Å². The second-order valence-corrected chi connectivity index (χ2v) is 3.65. The zero-order valence-corrected chi connectivity index (χ0v) is 10.1. The summed E-state index contributed by atoms with van der Waals surface area (Å²) < 4.78 is 32.4. The Morgan fingerprint density at radius 3 is 2.74 bits per heavy atom. The van der Waals surface area contributed by atoms with Crippen molar-refractivity contribution in [3.8, 4) is 17.1 Å². The number of halogens is 2. The molecule has 0 bridgehead atoms. The highest BCUT2D eigenvalue weighted by atomic mass is 19.1. The number of ether oxygens (including phenoxy) is 1.